The van der Waals surface area contributed by atoms with E-state index in [1.807, 2.05) is 0 Å². The summed E-state index contributed by atoms with van der Waals surface area (Å²) >= 11 is 0. The number of ether oxygens (including phenoxy) is 1. The molecule has 5 rings (SSSR count). The number of nitrogen functional groups attached to an aromatic ring is 1. The van der Waals surface area contributed by atoms with Crippen LogP contribution in [-0.4, -0.2) is 24.1 Å². The third-order valence-electron chi connectivity index (χ3n) is 7.86. The van der Waals surface area contributed by atoms with Gasteiger partial charge < -0.3 is 15.6 Å². The zero-order valence-corrected chi connectivity index (χ0v) is 21.5. The summed E-state index contributed by atoms with van der Waals surface area (Å²) in [5.41, 5.74) is 7.90. The maximum atomic E-state index is 15.5. The Balaban J connectivity index is 1.53. The number of fused-ring (bicyclic) bond motifs is 2. The first-order valence-corrected chi connectivity index (χ1v) is 13.0. The molecule has 0 saturated heterocycles. The van der Waals surface area contributed by atoms with Crippen LogP contribution in [0.4, 0.5) is 20.2 Å². The molecule has 2 aliphatic rings. The molecule has 0 spiro atoms. The quantitative estimate of drug-likeness (QED) is 0.172. The summed E-state index contributed by atoms with van der Waals surface area (Å²) in [6.07, 6.45) is 4.42. The summed E-state index contributed by atoms with van der Waals surface area (Å²) in [4.78, 5) is 26.6. The minimum atomic E-state index is -1.70. The van der Waals surface area contributed by atoms with Crippen molar-refractivity contribution in [2.75, 3.05) is 17.7 Å². The molecule has 2 aliphatic carbocycles. The minimum absolute atomic E-state index is 0.0711. The molecule has 3 aromatic rings. The highest BCUT2D eigenvalue weighted by Crippen LogP contribution is 2.50. The van der Waals surface area contributed by atoms with Crippen molar-refractivity contribution >= 4 is 29.3 Å². The highest BCUT2D eigenvalue weighted by Gasteiger charge is 2.46. The van der Waals surface area contributed by atoms with E-state index in [1.54, 1.807) is 30.3 Å². The van der Waals surface area contributed by atoms with E-state index in [2.05, 4.69) is 4.74 Å². The van der Waals surface area contributed by atoms with Gasteiger partial charge in [-0.15, -0.1) is 0 Å². The summed E-state index contributed by atoms with van der Waals surface area (Å²) < 4.78 is 34.8. The second-order valence-electron chi connectivity index (χ2n) is 10.3. The van der Waals surface area contributed by atoms with Crippen LogP contribution in [0, 0.1) is 29.4 Å². The number of rotatable bonds is 7. The number of benzene rings is 3. The Morgan fingerprint density at radius 2 is 1.77 bits per heavy atom. The SMILES string of the molecule is COC(=O)/C=C/c1cc(F)cc(N(C(=O)C2CC3CCC2C3)C(O)c2ccc(-c3ccc(N)cc3)cc2F)c1. The van der Waals surface area contributed by atoms with Gasteiger partial charge in [-0.2, -0.15) is 0 Å². The summed E-state index contributed by atoms with van der Waals surface area (Å²) in [6, 6.07) is 15.1. The van der Waals surface area contributed by atoms with E-state index in [9.17, 15) is 19.1 Å². The molecule has 4 unspecified atom stereocenters. The maximum Gasteiger partial charge on any atom is 0.330 e. The van der Waals surface area contributed by atoms with E-state index in [-0.39, 0.29) is 34.6 Å². The van der Waals surface area contributed by atoms with Crippen LogP contribution in [0.25, 0.3) is 17.2 Å². The highest BCUT2D eigenvalue weighted by molar-refractivity contribution is 5.96. The monoisotopic (exact) mass is 532 g/mol. The second kappa shape index (κ2) is 11.0. The van der Waals surface area contributed by atoms with Crippen molar-refractivity contribution < 1.29 is 28.2 Å². The molecular formula is C31H30F2N2O4. The largest absolute Gasteiger partial charge is 0.466 e. The molecule has 0 radical (unpaired) electrons. The number of carbonyl (C=O) groups is 2. The van der Waals surface area contributed by atoms with Gasteiger partial charge in [0, 0.05) is 23.2 Å². The number of aliphatic hydroxyl groups is 1. The van der Waals surface area contributed by atoms with Crippen molar-refractivity contribution in [3.8, 4) is 11.1 Å². The van der Waals surface area contributed by atoms with Crippen LogP contribution in [0.5, 0.6) is 0 Å². The number of hydrogen-bond acceptors (Lipinski definition) is 5. The lowest BCUT2D eigenvalue weighted by atomic mass is 9.87. The second-order valence-corrected chi connectivity index (χ2v) is 10.3. The van der Waals surface area contributed by atoms with Crippen molar-refractivity contribution in [3.05, 3.63) is 89.5 Å². The van der Waals surface area contributed by atoms with Crippen molar-refractivity contribution in [1.29, 1.82) is 0 Å². The molecule has 3 aromatic carbocycles. The Bertz CT molecular complexity index is 1420. The molecule has 8 heteroatoms. The van der Waals surface area contributed by atoms with Crippen molar-refractivity contribution in [1.82, 2.24) is 0 Å². The maximum absolute atomic E-state index is 15.5. The lowest BCUT2D eigenvalue weighted by molar-refractivity contribution is -0.134. The predicted molar refractivity (Wildman–Crippen MR) is 145 cm³/mol. The standard InChI is InChI=1S/C31H30F2N2O4/c1-39-29(36)11-3-19-13-23(32)17-25(14-19)35(31(38)27-15-18-2-4-22(27)12-18)30(37)26-10-7-21(16-28(26)33)20-5-8-24(34)9-6-20/h3,5-11,13-14,16-18,22,27,30,37H,2,4,12,15,34H2,1H3/b11-3+. The first-order chi connectivity index (χ1) is 18.7. The molecule has 6 nitrogen and oxygen atoms in total. The Labute approximate surface area is 225 Å². The molecule has 39 heavy (non-hydrogen) atoms. The van der Waals surface area contributed by atoms with Crippen molar-refractivity contribution in [2.24, 2.45) is 17.8 Å². The van der Waals surface area contributed by atoms with Crippen LogP contribution < -0.4 is 10.6 Å². The number of aliphatic hydroxyl groups excluding tert-OH is 1. The molecule has 4 atom stereocenters. The molecule has 2 fully saturated rings. The topological polar surface area (TPSA) is 92.9 Å². The third kappa shape index (κ3) is 5.56. The first-order valence-electron chi connectivity index (χ1n) is 13.0. The van der Waals surface area contributed by atoms with Crippen LogP contribution in [0.1, 0.15) is 43.0 Å². The van der Waals surface area contributed by atoms with E-state index < -0.39 is 23.8 Å². The first kappa shape index (κ1) is 26.6. The fourth-order valence-electron chi connectivity index (χ4n) is 5.91. The molecule has 3 N–H and O–H groups in total. The van der Waals surface area contributed by atoms with Crippen LogP contribution in [0.3, 0.4) is 0 Å². The molecule has 2 saturated carbocycles. The van der Waals surface area contributed by atoms with Gasteiger partial charge in [0.2, 0.25) is 5.91 Å². The zero-order chi connectivity index (χ0) is 27.7. The number of carbonyl (C=O) groups excluding carboxylic acids is 2. The smallest absolute Gasteiger partial charge is 0.330 e. The third-order valence-corrected chi connectivity index (χ3v) is 7.86. The Morgan fingerprint density at radius 1 is 1.03 bits per heavy atom. The van der Waals surface area contributed by atoms with Crippen LogP contribution in [0.15, 0.2) is 66.7 Å². The van der Waals surface area contributed by atoms with Crippen molar-refractivity contribution in [2.45, 2.75) is 31.9 Å². The van der Waals surface area contributed by atoms with E-state index in [1.165, 1.54) is 37.5 Å². The van der Waals surface area contributed by atoms with E-state index in [4.69, 9.17) is 5.73 Å². The number of nitrogens with two attached hydrogens (primary N) is 1. The molecule has 202 valence electrons. The Kier molecular flexibility index (Phi) is 7.48. The summed E-state index contributed by atoms with van der Waals surface area (Å²) in [5, 5.41) is 11.5. The van der Waals surface area contributed by atoms with Gasteiger partial charge in [-0.05, 0) is 90.3 Å². The number of hydrogen-bond donors (Lipinski definition) is 2. The van der Waals surface area contributed by atoms with Gasteiger partial charge in [-0.3, -0.25) is 9.69 Å². The van der Waals surface area contributed by atoms with Crippen molar-refractivity contribution in [3.63, 3.8) is 0 Å². The average Bonchev–Trinajstić information content (AvgIpc) is 3.56. The Morgan fingerprint density at radius 3 is 2.41 bits per heavy atom. The van der Waals surface area contributed by atoms with Gasteiger partial charge in [0.25, 0.3) is 0 Å². The summed E-state index contributed by atoms with van der Waals surface area (Å²) in [7, 11) is 1.23. The van der Waals surface area contributed by atoms with Gasteiger partial charge in [0.15, 0.2) is 6.23 Å². The lowest BCUT2D eigenvalue weighted by Gasteiger charge is -2.33. The number of methoxy groups -OCH3 is 1. The molecule has 1 amide bonds. The Hall–Kier alpha value is -4.04. The van der Waals surface area contributed by atoms with Gasteiger partial charge in [0.05, 0.1) is 12.8 Å². The van der Waals surface area contributed by atoms with E-state index in [0.29, 0.717) is 23.6 Å². The van der Waals surface area contributed by atoms with Gasteiger partial charge in [-0.25, -0.2) is 13.6 Å². The molecule has 2 bridgehead atoms. The summed E-state index contributed by atoms with van der Waals surface area (Å²) in [6.45, 7) is 0. The van der Waals surface area contributed by atoms with Crippen LogP contribution >= 0.6 is 0 Å². The normalized spacial score (nSPS) is 20.8. The van der Waals surface area contributed by atoms with Gasteiger partial charge in [-0.1, -0.05) is 30.7 Å². The predicted octanol–water partition coefficient (Wildman–Crippen LogP) is 5.86. The minimum Gasteiger partial charge on any atom is -0.466 e. The fourth-order valence-corrected chi connectivity index (χ4v) is 5.91. The molecular weight excluding hydrogens is 502 g/mol. The molecule has 0 aromatic heterocycles. The number of nitrogens with zero attached hydrogens (tertiary/aromatic N) is 1. The molecule has 0 heterocycles. The average molecular weight is 533 g/mol. The van der Waals surface area contributed by atoms with Gasteiger partial charge >= 0.3 is 5.97 Å². The highest BCUT2D eigenvalue weighted by atomic mass is 19.1. The van der Waals surface area contributed by atoms with E-state index in [0.717, 1.165) is 41.9 Å². The summed E-state index contributed by atoms with van der Waals surface area (Å²) in [5.74, 6) is -2.08. The van der Waals surface area contributed by atoms with E-state index >= 15 is 4.39 Å². The zero-order valence-electron chi connectivity index (χ0n) is 21.5. The van der Waals surface area contributed by atoms with Crippen LogP contribution in [-0.2, 0) is 14.3 Å². The van der Waals surface area contributed by atoms with Crippen LogP contribution in [0.2, 0.25) is 0 Å². The number of esters is 1. The lowest BCUT2D eigenvalue weighted by Crippen LogP contribution is -2.41. The number of amides is 1. The number of anilines is 2. The fraction of sp³-hybridized carbons (Fsp3) is 0.290. The number of halogens is 2. The molecule has 0 aliphatic heterocycles. The van der Waals surface area contributed by atoms with Gasteiger partial charge in [0.1, 0.15) is 11.6 Å².